The van der Waals surface area contributed by atoms with Gasteiger partial charge in [0.25, 0.3) is 5.56 Å². The molecule has 0 spiro atoms. The fourth-order valence-corrected chi connectivity index (χ4v) is 2.44. The van der Waals surface area contributed by atoms with Gasteiger partial charge in [0.15, 0.2) is 0 Å². The number of nitrogens with one attached hydrogen (secondary N) is 1. The number of hydrogen-bond acceptors (Lipinski definition) is 6. The summed E-state index contributed by atoms with van der Waals surface area (Å²) >= 11 is 0. The molecule has 4 N–H and O–H groups in total. The summed E-state index contributed by atoms with van der Waals surface area (Å²) in [7, 11) is 0. The molecule has 3 aromatic rings. The minimum absolute atomic E-state index is 0.00121. The molecule has 0 amide bonds. The van der Waals surface area contributed by atoms with E-state index in [9.17, 15) is 20.4 Å². The van der Waals surface area contributed by atoms with Crippen molar-refractivity contribution in [1.29, 1.82) is 10.5 Å². The standard InChI is InChI=1S/C16H9N5O2/c17-6-10-12(11(7-18)16(23)21-15(10)19)9-4-3-8-2-1-5-20-13(8)14(9)22/h1-5,22H,(H3,19,21,23). The molecule has 0 radical (unpaired) electrons. The Morgan fingerprint density at radius 1 is 1.17 bits per heavy atom. The highest BCUT2D eigenvalue weighted by atomic mass is 16.3. The van der Waals surface area contributed by atoms with Gasteiger partial charge < -0.3 is 15.8 Å². The first-order valence-electron chi connectivity index (χ1n) is 6.51. The van der Waals surface area contributed by atoms with E-state index in [2.05, 4.69) is 9.97 Å². The summed E-state index contributed by atoms with van der Waals surface area (Å²) in [6, 6.07) is 10.3. The number of phenols is 1. The normalized spacial score (nSPS) is 10.2. The van der Waals surface area contributed by atoms with Crippen LogP contribution in [-0.4, -0.2) is 15.1 Å². The molecule has 7 nitrogen and oxygen atoms in total. The van der Waals surface area contributed by atoms with Gasteiger partial charge in [0.05, 0.1) is 0 Å². The van der Waals surface area contributed by atoms with Crippen molar-refractivity contribution in [3.8, 4) is 29.0 Å². The zero-order valence-corrected chi connectivity index (χ0v) is 11.7. The van der Waals surface area contributed by atoms with Crippen LogP contribution in [0.4, 0.5) is 5.82 Å². The summed E-state index contributed by atoms with van der Waals surface area (Å²) in [5.41, 5.74) is 5.04. The maximum Gasteiger partial charge on any atom is 0.268 e. The van der Waals surface area contributed by atoms with E-state index in [1.165, 1.54) is 12.3 Å². The number of benzene rings is 1. The Morgan fingerprint density at radius 2 is 1.91 bits per heavy atom. The third-order valence-corrected chi connectivity index (χ3v) is 3.49. The number of rotatable bonds is 1. The summed E-state index contributed by atoms with van der Waals surface area (Å²) in [6.45, 7) is 0. The number of aromatic nitrogens is 2. The van der Waals surface area contributed by atoms with Gasteiger partial charge in [-0.15, -0.1) is 0 Å². The topological polar surface area (TPSA) is 140 Å². The molecule has 3 rings (SSSR count). The molecule has 110 valence electrons. The molecular formula is C16H9N5O2. The SMILES string of the molecule is N#Cc1c(N)[nH]c(=O)c(C#N)c1-c1ccc2cccnc2c1O. The van der Waals surface area contributed by atoms with Crippen molar-refractivity contribution < 1.29 is 5.11 Å². The van der Waals surface area contributed by atoms with Crippen LogP contribution in [0.3, 0.4) is 0 Å². The number of aromatic hydroxyl groups is 1. The fraction of sp³-hybridized carbons (Fsp3) is 0. The van der Waals surface area contributed by atoms with E-state index in [4.69, 9.17) is 5.73 Å². The number of pyridine rings is 2. The first kappa shape index (κ1) is 14.1. The van der Waals surface area contributed by atoms with E-state index in [1.807, 2.05) is 6.07 Å². The van der Waals surface area contributed by atoms with Gasteiger partial charge in [-0.05, 0) is 12.1 Å². The molecule has 0 aliphatic rings. The smallest absolute Gasteiger partial charge is 0.268 e. The number of nitrogens with two attached hydrogens (primary N) is 1. The number of nitrogens with zero attached hydrogens (tertiary/aromatic N) is 3. The Balaban J connectivity index is 2.50. The zero-order valence-electron chi connectivity index (χ0n) is 11.7. The molecule has 0 saturated carbocycles. The predicted molar refractivity (Wildman–Crippen MR) is 83.3 cm³/mol. The fourth-order valence-electron chi connectivity index (χ4n) is 2.44. The molecule has 0 saturated heterocycles. The Labute approximate surface area is 129 Å². The van der Waals surface area contributed by atoms with E-state index in [1.54, 1.807) is 24.3 Å². The Morgan fingerprint density at radius 3 is 2.61 bits per heavy atom. The molecule has 0 atom stereocenters. The van der Waals surface area contributed by atoms with Crippen LogP contribution in [0.1, 0.15) is 11.1 Å². The van der Waals surface area contributed by atoms with Gasteiger partial charge in [0.1, 0.15) is 40.3 Å². The number of H-pyrrole nitrogens is 1. The second-order valence-electron chi connectivity index (χ2n) is 4.75. The molecule has 2 aromatic heterocycles. The third kappa shape index (κ3) is 2.04. The third-order valence-electron chi connectivity index (χ3n) is 3.49. The van der Waals surface area contributed by atoms with E-state index in [0.29, 0.717) is 10.9 Å². The first-order valence-corrected chi connectivity index (χ1v) is 6.51. The summed E-state index contributed by atoms with van der Waals surface area (Å²) in [5.74, 6) is -0.381. The highest BCUT2D eigenvalue weighted by Crippen LogP contribution is 2.38. The molecule has 0 aliphatic carbocycles. The van der Waals surface area contributed by atoms with Crippen LogP contribution in [0, 0.1) is 22.7 Å². The van der Waals surface area contributed by atoms with E-state index >= 15 is 0 Å². The molecule has 23 heavy (non-hydrogen) atoms. The van der Waals surface area contributed by atoms with Crippen molar-refractivity contribution in [2.75, 3.05) is 5.73 Å². The summed E-state index contributed by atoms with van der Waals surface area (Å²) < 4.78 is 0. The van der Waals surface area contributed by atoms with Crippen molar-refractivity contribution in [2.24, 2.45) is 0 Å². The maximum absolute atomic E-state index is 11.9. The summed E-state index contributed by atoms with van der Waals surface area (Å²) in [5, 5.41) is 29.7. The maximum atomic E-state index is 11.9. The van der Waals surface area contributed by atoms with Gasteiger partial charge in [-0.1, -0.05) is 12.1 Å². The lowest BCUT2D eigenvalue weighted by Gasteiger charge is -2.11. The molecule has 0 unspecified atom stereocenters. The number of nitriles is 2. The summed E-state index contributed by atoms with van der Waals surface area (Å²) in [4.78, 5) is 18.3. The minimum atomic E-state index is -0.723. The molecule has 0 aliphatic heterocycles. The van der Waals surface area contributed by atoms with Crippen LogP contribution < -0.4 is 11.3 Å². The number of nitrogen functional groups attached to an aromatic ring is 1. The van der Waals surface area contributed by atoms with Crippen LogP contribution in [0.15, 0.2) is 35.3 Å². The molecule has 2 heterocycles. The van der Waals surface area contributed by atoms with Crippen molar-refractivity contribution in [1.82, 2.24) is 9.97 Å². The van der Waals surface area contributed by atoms with Crippen molar-refractivity contribution >= 4 is 16.7 Å². The van der Waals surface area contributed by atoms with Crippen LogP contribution in [-0.2, 0) is 0 Å². The van der Waals surface area contributed by atoms with Gasteiger partial charge in [-0.2, -0.15) is 10.5 Å². The van der Waals surface area contributed by atoms with E-state index < -0.39 is 5.56 Å². The number of anilines is 1. The van der Waals surface area contributed by atoms with Gasteiger partial charge >= 0.3 is 0 Å². The monoisotopic (exact) mass is 303 g/mol. The number of aromatic amines is 1. The summed E-state index contributed by atoms with van der Waals surface area (Å²) in [6.07, 6.45) is 1.51. The van der Waals surface area contributed by atoms with Crippen LogP contribution in [0.25, 0.3) is 22.0 Å². The van der Waals surface area contributed by atoms with Crippen LogP contribution in [0.5, 0.6) is 5.75 Å². The number of fused-ring (bicyclic) bond motifs is 1. The number of phenolic OH excluding ortho intramolecular Hbond substituents is 1. The van der Waals surface area contributed by atoms with Gasteiger partial charge in [0, 0.05) is 22.7 Å². The Hall–Kier alpha value is -3.84. The molecule has 0 bridgehead atoms. The molecule has 7 heteroatoms. The lowest BCUT2D eigenvalue weighted by molar-refractivity contribution is 0.482. The van der Waals surface area contributed by atoms with E-state index in [0.717, 1.165) is 0 Å². The second-order valence-corrected chi connectivity index (χ2v) is 4.75. The largest absolute Gasteiger partial charge is 0.505 e. The number of hydrogen-bond donors (Lipinski definition) is 3. The second kappa shape index (κ2) is 5.17. The van der Waals surface area contributed by atoms with Crippen LogP contribution >= 0.6 is 0 Å². The van der Waals surface area contributed by atoms with Gasteiger partial charge in [0.2, 0.25) is 0 Å². The lowest BCUT2D eigenvalue weighted by Crippen LogP contribution is -2.16. The van der Waals surface area contributed by atoms with Crippen LogP contribution in [0.2, 0.25) is 0 Å². The predicted octanol–water partition coefficient (Wildman–Crippen LogP) is 1.62. The first-order chi connectivity index (χ1) is 11.1. The Bertz CT molecular complexity index is 1090. The van der Waals surface area contributed by atoms with Gasteiger partial charge in [-0.25, -0.2) is 0 Å². The molecule has 1 aromatic carbocycles. The molecule has 0 fully saturated rings. The lowest BCUT2D eigenvalue weighted by atomic mass is 9.95. The van der Waals surface area contributed by atoms with Crippen molar-refractivity contribution in [3.63, 3.8) is 0 Å². The van der Waals surface area contributed by atoms with Crippen molar-refractivity contribution in [2.45, 2.75) is 0 Å². The van der Waals surface area contributed by atoms with Gasteiger partial charge in [-0.3, -0.25) is 9.78 Å². The quantitative estimate of drug-likeness (QED) is 0.624. The zero-order chi connectivity index (χ0) is 16.6. The minimum Gasteiger partial charge on any atom is -0.505 e. The van der Waals surface area contributed by atoms with Crippen molar-refractivity contribution in [3.05, 3.63) is 51.9 Å². The molecular weight excluding hydrogens is 294 g/mol. The average molecular weight is 303 g/mol. The Kier molecular flexibility index (Phi) is 3.17. The average Bonchev–Trinajstić information content (AvgIpc) is 2.55. The highest BCUT2D eigenvalue weighted by Gasteiger charge is 2.21. The highest BCUT2D eigenvalue weighted by molar-refractivity contribution is 5.94. The van der Waals surface area contributed by atoms with E-state index in [-0.39, 0.29) is 33.8 Å².